The smallest absolute Gasteiger partial charge is 0.251 e. The third-order valence-corrected chi connectivity index (χ3v) is 3.26. The first-order valence-electron chi connectivity index (χ1n) is 5.80. The van der Waals surface area contributed by atoms with E-state index in [9.17, 15) is 4.79 Å². The Morgan fingerprint density at radius 1 is 1.47 bits per heavy atom. The van der Waals surface area contributed by atoms with Crippen LogP contribution < -0.4 is 11.1 Å². The molecule has 4 heteroatoms. The average molecular weight is 234 g/mol. The van der Waals surface area contributed by atoms with E-state index < -0.39 is 0 Å². The van der Waals surface area contributed by atoms with E-state index in [2.05, 4.69) is 5.32 Å². The first kappa shape index (κ1) is 11.9. The van der Waals surface area contributed by atoms with Crippen LogP contribution in [0.5, 0.6) is 0 Å². The molecule has 0 unspecified atom stereocenters. The van der Waals surface area contributed by atoms with Crippen molar-refractivity contribution in [3.8, 4) is 0 Å². The van der Waals surface area contributed by atoms with Crippen molar-refractivity contribution in [2.24, 2.45) is 0 Å². The zero-order chi connectivity index (χ0) is 12.4. The fourth-order valence-electron chi connectivity index (χ4n) is 2.08. The number of benzene rings is 1. The number of nitrogens with one attached hydrogen (secondary N) is 1. The molecule has 0 spiro atoms. The molecule has 1 aliphatic rings. The SMILES string of the molecule is COC1CC(NC(=O)c2ccc(N)cc2C)C1. The van der Waals surface area contributed by atoms with Crippen molar-refractivity contribution in [1.82, 2.24) is 5.32 Å². The minimum atomic E-state index is -0.0259. The van der Waals surface area contributed by atoms with Gasteiger partial charge in [0, 0.05) is 24.4 Å². The van der Waals surface area contributed by atoms with Crippen LogP contribution in [-0.4, -0.2) is 25.2 Å². The molecule has 0 aliphatic heterocycles. The van der Waals surface area contributed by atoms with E-state index in [1.165, 1.54) is 0 Å². The second kappa shape index (κ2) is 4.75. The lowest BCUT2D eigenvalue weighted by molar-refractivity contribution is 0.0176. The lowest BCUT2D eigenvalue weighted by Crippen LogP contribution is -2.47. The number of rotatable bonds is 3. The molecule has 0 atom stereocenters. The summed E-state index contributed by atoms with van der Waals surface area (Å²) in [5, 5.41) is 3.00. The number of amides is 1. The van der Waals surface area contributed by atoms with Crippen molar-refractivity contribution in [2.45, 2.75) is 31.9 Å². The summed E-state index contributed by atoms with van der Waals surface area (Å²) in [6, 6.07) is 5.57. The van der Waals surface area contributed by atoms with Gasteiger partial charge in [0.25, 0.3) is 5.91 Å². The maximum atomic E-state index is 12.0. The first-order chi connectivity index (χ1) is 8.10. The van der Waals surface area contributed by atoms with Gasteiger partial charge in [-0.25, -0.2) is 0 Å². The minimum absolute atomic E-state index is 0.0259. The lowest BCUT2D eigenvalue weighted by atomic mass is 9.89. The van der Waals surface area contributed by atoms with Crippen molar-refractivity contribution in [3.63, 3.8) is 0 Å². The van der Waals surface area contributed by atoms with Gasteiger partial charge in [0.15, 0.2) is 0 Å². The molecular formula is C13H18N2O2. The fraction of sp³-hybridized carbons (Fsp3) is 0.462. The van der Waals surface area contributed by atoms with Crippen LogP contribution in [0, 0.1) is 6.92 Å². The van der Waals surface area contributed by atoms with Crippen molar-refractivity contribution in [2.75, 3.05) is 12.8 Å². The number of carbonyl (C=O) groups excluding carboxylic acids is 1. The number of methoxy groups -OCH3 is 1. The highest BCUT2D eigenvalue weighted by molar-refractivity contribution is 5.96. The maximum absolute atomic E-state index is 12.0. The molecule has 1 saturated carbocycles. The molecule has 0 aromatic heterocycles. The molecular weight excluding hydrogens is 216 g/mol. The van der Waals surface area contributed by atoms with Gasteiger partial charge >= 0.3 is 0 Å². The highest BCUT2D eigenvalue weighted by Gasteiger charge is 2.30. The summed E-state index contributed by atoms with van der Waals surface area (Å²) in [5.74, 6) is -0.0259. The monoisotopic (exact) mass is 234 g/mol. The number of ether oxygens (including phenoxy) is 1. The standard InChI is InChI=1S/C13H18N2O2/c1-8-5-9(14)3-4-12(8)13(16)15-10-6-11(7-10)17-2/h3-5,10-11H,6-7,14H2,1-2H3,(H,15,16). The Morgan fingerprint density at radius 2 is 2.18 bits per heavy atom. The third-order valence-electron chi connectivity index (χ3n) is 3.26. The van der Waals surface area contributed by atoms with Gasteiger partial charge in [0.1, 0.15) is 0 Å². The molecule has 1 aromatic carbocycles. The summed E-state index contributed by atoms with van der Waals surface area (Å²) in [4.78, 5) is 12.0. The zero-order valence-electron chi connectivity index (χ0n) is 10.2. The van der Waals surface area contributed by atoms with Gasteiger partial charge in [0.05, 0.1) is 6.10 Å². The lowest BCUT2D eigenvalue weighted by Gasteiger charge is -2.34. The van der Waals surface area contributed by atoms with Crippen LogP contribution in [-0.2, 0) is 4.74 Å². The molecule has 2 rings (SSSR count). The fourth-order valence-corrected chi connectivity index (χ4v) is 2.08. The maximum Gasteiger partial charge on any atom is 0.251 e. The Balaban J connectivity index is 1.96. The van der Waals surface area contributed by atoms with Gasteiger partial charge in [-0.3, -0.25) is 4.79 Å². The Kier molecular flexibility index (Phi) is 3.33. The second-order valence-corrected chi connectivity index (χ2v) is 4.57. The van der Waals surface area contributed by atoms with Gasteiger partial charge in [0.2, 0.25) is 0 Å². The number of nitrogen functional groups attached to an aromatic ring is 1. The largest absolute Gasteiger partial charge is 0.399 e. The van der Waals surface area contributed by atoms with Crippen LogP contribution in [0.25, 0.3) is 0 Å². The van der Waals surface area contributed by atoms with E-state index in [4.69, 9.17) is 10.5 Å². The van der Waals surface area contributed by atoms with Crippen molar-refractivity contribution in [1.29, 1.82) is 0 Å². The van der Waals surface area contributed by atoms with Crippen LogP contribution in [0.4, 0.5) is 5.69 Å². The van der Waals surface area contributed by atoms with Crippen LogP contribution in [0.1, 0.15) is 28.8 Å². The van der Waals surface area contributed by atoms with Crippen LogP contribution in [0.3, 0.4) is 0 Å². The van der Waals surface area contributed by atoms with Crippen molar-refractivity contribution < 1.29 is 9.53 Å². The number of nitrogens with two attached hydrogens (primary N) is 1. The van der Waals surface area contributed by atoms with Crippen molar-refractivity contribution >= 4 is 11.6 Å². The van der Waals surface area contributed by atoms with E-state index in [-0.39, 0.29) is 11.9 Å². The Morgan fingerprint density at radius 3 is 2.76 bits per heavy atom. The van der Waals surface area contributed by atoms with Gasteiger partial charge < -0.3 is 15.8 Å². The summed E-state index contributed by atoms with van der Waals surface area (Å²) in [7, 11) is 1.70. The highest BCUT2D eigenvalue weighted by atomic mass is 16.5. The molecule has 1 fully saturated rings. The molecule has 1 aliphatic carbocycles. The topological polar surface area (TPSA) is 64.3 Å². The Labute approximate surface area is 101 Å². The number of carbonyl (C=O) groups is 1. The number of hydrogen-bond acceptors (Lipinski definition) is 3. The molecule has 0 radical (unpaired) electrons. The number of anilines is 1. The Bertz CT molecular complexity index is 425. The molecule has 4 nitrogen and oxygen atoms in total. The Hall–Kier alpha value is -1.55. The van der Waals surface area contributed by atoms with Gasteiger partial charge in [-0.1, -0.05) is 0 Å². The number of hydrogen-bond donors (Lipinski definition) is 2. The van der Waals surface area contributed by atoms with Gasteiger partial charge in [-0.15, -0.1) is 0 Å². The predicted molar refractivity (Wildman–Crippen MR) is 66.9 cm³/mol. The zero-order valence-corrected chi connectivity index (χ0v) is 10.2. The number of aryl methyl sites for hydroxylation is 1. The van der Waals surface area contributed by atoms with Crippen LogP contribution in [0.2, 0.25) is 0 Å². The summed E-state index contributed by atoms with van der Waals surface area (Å²) in [5.41, 5.74) is 7.94. The van der Waals surface area contributed by atoms with Crippen LogP contribution >= 0.6 is 0 Å². The molecule has 92 valence electrons. The molecule has 3 N–H and O–H groups in total. The normalized spacial score (nSPS) is 22.9. The van der Waals surface area contributed by atoms with E-state index in [0.29, 0.717) is 17.4 Å². The molecule has 1 aromatic rings. The summed E-state index contributed by atoms with van der Waals surface area (Å²) >= 11 is 0. The van der Waals surface area contributed by atoms with Gasteiger partial charge in [-0.05, 0) is 43.5 Å². The molecule has 0 bridgehead atoms. The molecule has 0 saturated heterocycles. The van der Waals surface area contributed by atoms with Crippen LogP contribution in [0.15, 0.2) is 18.2 Å². The van der Waals surface area contributed by atoms with E-state index in [0.717, 1.165) is 18.4 Å². The summed E-state index contributed by atoms with van der Waals surface area (Å²) < 4.78 is 5.18. The molecule has 17 heavy (non-hydrogen) atoms. The van der Waals surface area contributed by atoms with Crippen molar-refractivity contribution in [3.05, 3.63) is 29.3 Å². The van der Waals surface area contributed by atoms with Gasteiger partial charge in [-0.2, -0.15) is 0 Å². The predicted octanol–water partition coefficient (Wildman–Crippen LogP) is 1.48. The van der Waals surface area contributed by atoms with E-state index in [1.807, 2.05) is 13.0 Å². The molecule has 0 heterocycles. The quantitative estimate of drug-likeness (QED) is 0.779. The first-order valence-corrected chi connectivity index (χ1v) is 5.80. The third kappa shape index (κ3) is 2.58. The summed E-state index contributed by atoms with van der Waals surface area (Å²) in [6.45, 7) is 1.89. The molecule has 1 amide bonds. The minimum Gasteiger partial charge on any atom is -0.399 e. The second-order valence-electron chi connectivity index (χ2n) is 4.57. The van der Waals surface area contributed by atoms with E-state index >= 15 is 0 Å². The average Bonchev–Trinajstić information content (AvgIpc) is 2.22. The highest BCUT2D eigenvalue weighted by Crippen LogP contribution is 2.23. The summed E-state index contributed by atoms with van der Waals surface area (Å²) in [6.07, 6.45) is 2.10. The van der Waals surface area contributed by atoms with E-state index in [1.54, 1.807) is 19.2 Å².